The lowest BCUT2D eigenvalue weighted by molar-refractivity contribution is 0.0746. The molecule has 1 aliphatic heterocycles. The van der Waals surface area contributed by atoms with Crippen LogP contribution in [0, 0.1) is 18.3 Å². The molecule has 1 saturated heterocycles. The second kappa shape index (κ2) is 6.44. The largest absolute Gasteiger partial charge is 0.353 e. The van der Waals surface area contributed by atoms with E-state index in [0.29, 0.717) is 24.2 Å². The van der Waals surface area contributed by atoms with E-state index in [0.717, 1.165) is 24.6 Å². The summed E-state index contributed by atoms with van der Waals surface area (Å²) < 4.78 is 0. The molecule has 6 nitrogen and oxygen atoms in total. The highest BCUT2D eigenvalue weighted by molar-refractivity contribution is 5.94. The molecule has 2 aromatic rings. The first-order valence-corrected chi connectivity index (χ1v) is 7.50. The normalized spacial score (nSPS) is 14.4. The Morgan fingerprint density at radius 2 is 1.96 bits per heavy atom. The summed E-state index contributed by atoms with van der Waals surface area (Å²) in [5, 5.41) is 8.94. The van der Waals surface area contributed by atoms with Crippen molar-refractivity contribution in [3.63, 3.8) is 0 Å². The third-order valence-electron chi connectivity index (χ3n) is 3.92. The highest BCUT2D eigenvalue weighted by Gasteiger charge is 2.23. The molecular weight excluding hydrogens is 290 g/mol. The summed E-state index contributed by atoms with van der Waals surface area (Å²) >= 11 is 0. The smallest absolute Gasteiger partial charge is 0.254 e. The average Bonchev–Trinajstić information content (AvgIpc) is 2.61. The Kier molecular flexibility index (Phi) is 4.20. The van der Waals surface area contributed by atoms with E-state index >= 15 is 0 Å². The number of rotatable bonds is 2. The molecule has 0 N–H and O–H groups in total. The fourth-order valence-corrected chi connectivity index (χ4v) is 2.66. The van der Waals surface area contributed by atoms with Crippen LogP contribution in [-0.2, 0) is 0 Å². The number of aromatic nitrogens is 2. The van der Waals surface area contributed by atoms with E-state index in [-0.39, 0.29) is 5.91 Å². The molecule has 1 fully saturated rings. The fraction of sp³-hybridized carbons (Fsp3) is 0.294. The molecule has 1 amide bonds. The maximum absolute atomic E-state index is 12.5. The molecule has 3 rings (SSSR count). The van der Waals surface area contributed by atoms with Gasteiger partial charge < -0.3 is 9.80 Å². The Balaban J connectivity index is 1.66. The van der Waals surface area contributed by atoms with Gasteiger partial charge in [-0.25, -0.2) is 9.97 Å². The van der Waals surface area contributed by atoms with Crippen LogP contribution < -0.4 is 4.90 Å². The van der Waals surface area contributed by atoms with Crippen molar-refractivity contribution in [3.05, 3.63) is 53.5 Å². The van der Waals surface area contributed by atoms with Crippen LogP contribution in [0.15, 0.2) is 36.7 Å². The van der Waals surface area contributed by atoms with Gasteiger partial charge in [0.25, 0.3) is 5.91 Å². The zero-order chi connectivity index (χ0) is 16.2. The van der Waals surface area contributed by atoms with Crippen LogP contribution in [0.5, 0.6) is 0 Å². The third kappa shape index (κ3) is 3.29. The van der Waals surface area contributed by atoms with Gasteiger partial charge >= 0.3 is 0 Å². The molecule has 6 heteroatoms. The fourth-order valence-electron chi connectivity index (χ4n) is 2.66. The first-order chi connectivity index (χ1) is 11.2. The molecular formula is C17H17N5O. The number of aryl methyl sites for hydroxylation is 1. The maximum Gasteiger partial charge on any atom is 0.254 e. The maximum atomic E-state index is 12.5. The quantitative estimate of drug-likeness (QED) is 0.843. The van der Waals surface area contributed by atoms with Gasteiger partial charge in [-0.1, -0.05) is 6.07 Å². The van der Waals surface area contributed by atoms with Gasteiger partial charge in [-0.15, -0.1) is 0 Å². The van der Waals surface area contributed by atoms with E-state index in [1.807, 2.05) is 17.9 Å². The number of carbonyl (C=O) groups is 1. The Hall–Kier alpha value is -2.94. The SMILES string of the molecule is Cc1cc(N2CCN(C(=O)c3cccc(C#N)c3)CC2)ncn1. The molecule has 0 bridgehead atoms. The number of hydrogen-bond donors (Lipinski definition) is 0. The molecule has 0 aliphatic carbocycles. The standard InChI is InChI=1S/C17H17N5O/c1-13-9-16(20-12-19-13)21-5-7-22(8-6-21)17(23)15-4-2-3-14(10-15)11-18/h2-4,9-10,12H,5-8H2,1H3. The summed E-state index contributed by atoms with van der Waals surface area (Å²) in [6, 6.07) is 10.9. The summed E-state index contributed by atoms with van der Waals surface area (Å²) in [6.45, 7) is 4.69. The van der Waals surface area contributed by atoms with Crippen LogP contribution in [-0.4, -0.2) is 47.0 Å². The molecule has 2 heterocycles. The van der Waals surface area contributed by atoms with Gasteiger partial charge in [0.05, 0.1) is 11.6 Å². The van der Waals surface area contributed by atoms with E-state index in [1.54, 1.807) is 30.6 Å². The average molecular weight is 307 g/mol. The van der Waals surface area contributed by atoms with Gasteiger partial charge in [0.15, 0.2) is 0 Å². The molecule has 23 heavy (non-hydrogen) atoms. The molecule has 0 radical (unpaired) electrons. The third-order valence-corrected chi connectivity index (χ3v) is 3.92. The van der Waals surface area contributed by atoms with E-state index in [2.05, 4.69) is 20.9 Å². The lowest BCUT2D eigenvalue weighted by Gasteiger charge is -2.35. The number of nitriles is 1. The van der Waals surface area contributed by atoms with Crippen molar-refractivity contribution < 1.29 is 4.79 Å². The molecule has 1 aromatic heterocycles. The van der Waals surface area contributed by atoms with Crippen molar-refractivity contribution >= 4 is 11.7 Å². The lowest BCUT2D eigenvalue weighted by Crippen LogP contribution is -2.49. The predicted octanol–water partition coefficient (Wildman–Crippen LogP) is 1.62. The Morgan fingerprint density at radius 3 is 2.65 bits per heavy atom. The van der Waals surface area contributed by atoms with Crippen LogP contribution in [0.2, 0.25) is 0 Å². The van der Waals surface area contributed by atoms with Gasteiger partial charge in [-0.3, -0.25) is 4.79 Å². The highest BCUT2D eigenvalue weighted by atomic mass is 16.2. The van der Waals surface area contributed by atoms with Crippen LogP contribution in [0.25, 0.3) is 0 Å². The van der Waals surface area contributed by atoms with E-state index in [1.165, 1.54) is 0 Å². The molecule has 1 aromatic carbocycles. The van der Waals surface area contributed by atoms with Gasteiger partial charge in [0.2, 0.25) is 0 Å². The van der Waals surface area contributed by atoms with Crippen molar-refractivity contribution in [3.8, 4) is 6.07 Å². The molecule has 0 spiro atoms. The second-order valence-electron chi connectivity index (χ2n) is 5.49. The van der Waals surface area contributed by atoms with E-state index in [4.69, 9.17) is 5.26 Å². The molecule has 1 aliphatic rings. The topological polar surface area (TPSA) is 73.1 Å². The number of carbonyl (C=O) groups excluding carboxylic acids is 1. The number of nitrogens with zero attached hydrogens (tertiary/aromatic N) is 5. The summed E-state index contributed by atoms with van der Waals surface area (Å²) in [6.07, 6.45) is 1.57. The molecule has 0 unspecified atom stereocenters. The van der Waals surface area contributed by atoms with Crippen LogP contribution in [0.4, 0.5) is 5.82 Å². The number of piperazine rings is 1. The zero-order valence-electron chi connectivity index (χ0n) is 12.9. The van der Waals surface area contributed by atoms with Gasteiger partial charge in [0.1, 0.15) is 12.1 Å². The monoisotopic (exact) mass is 307 g/mol. The number of amides is 1. The van der Waals surface area contributed by atoms with Gasteiger partial charge in [0, 0.05) is 43.5 Å². The van der Waals surface area contributed by atoms with Gasteiger partial charge in [-0.05, 0) is 25.1 Å². The lowest BCUT2D eigenvalue weighted by atomic mass is 10.1. The summed E-state index contributed by atoms with van der Waals surface area (Å²) in [5.74, 6) is 0.872. The summed E-state index contributed by atoms with van der Waals surface area (Å²) in [4.78, 5) is 24.9. The van der Waals surface area contributed by atoms with Crippen molar-refractivity contribution in [2.24, 2.45) is 0 Å². The Morgan fingerprint density at radius 1 is 1.17 bits per heavy atom. The van der Waals surface area contributed by atoms with Crippen LogP contribution in [0.1, 0.15) is 21.6 Å². The molecule has 116 valence electrons. The zero-order valence-corrected chi connectivity index (χ0v) is 12.9. The highest BCUT2D eigenvalue weighted by Crippen LogP contribution is 2.15. The first kappa shape index (κ1) is 15.0. The summed E-state index contributed by atoms with van der Waals surface area (Å²) in [5.41, 5.74) is 2.00. The predicted molar refractivity (Wildman–Crippen MR) is 86.0 cm³/mol. The van der Waals surface area contributed by atoms with Crippen LogP contribution in [0.3, 0.4) is 0 Å². The van der Waals surface area contributed by atoms with E-state index in [9.17, 15) is 4.79 Å². The summed E-state index contributed by atoms with van der Waals surface area (Å²) in [7, 11) is 0. The Labute approximate surface area is 135 Å². The van der Waals surface area contributed by atoms with Crippen molar-refractivity contribution in [2.45, 2.75) is 6.92 Å². The van der Waals surface area contributed by atoms with E-state index < -0.39 is 0 Å². The molecule has 0 saturated carbocycles. The first-order valence-electron chi connectivity index (χ1n) is 7.50. The van der Waals surface area contributed by atoms with Crippen molar-refractivity contribution in [1.29, 1.82) is 5.26 Å². The van der Waals surface area contributed by atoms with Crippen LogP contribution >= 0.6 is 0 Å². The number of hydrogen-bond acceptors (Lipinski definition) is 5. The van der Waals surface area contributed by atoms with Crippen molar-refractivity contribution in [1.82, 2.24) is 14.9 Å². The van der Waals surface area contributed by atoms with Crippen molar-refractivity contribution in [2.75, 3.05) is 31.1 Å². The number of benzene rings is 1. The Bertz CT molecular complexity index is 760. The minimum atomic E-state index is -0.0272. The molecule has 0 atom stereocenters. The van der Waals surface area contributed by atoms with Gasteiger partial charge in [-0.2, -0.15) is 5.26 Å². The minimum absolute atomic E-state index is 0.0272. The number of anilines is 1. The minimum Gasteiger partial charge on any atom is -0.353 e. The second-order valence-corrected chi connectivity index (χ2v) is 5.49.